The summed E-state index contributed by atoms with van der Waals surface area (Å²) in [5.41, 5.74) is 1.96. The molecular formula is C44H13B17O. The van der Waals surface area contributed by atoms with Gasteiger partial charge in [-0.2, -0.15) is 0 Å². The van der Waals surface area contributed by atoms with Gasteiger partial charge in [-0.15, -0.1) is 45.7 Å². The molecule has 0 fully saturated rings. The highest BCUT2D eigenvalue weighted by molar-refractivity contribution is 6.65. The van der Waals surface area contributed by atoms with Crippen molar-refractivity contribution in [3.05, 3.63) is 103 Å². The zero-order chi connectivity index (χ0) is 45.4. The van der Waals surface area contributed by atoms with E-state index in [-0.39, 0.29) is 150 Å². The van der Waals surface area contributed by atoms with Crippen LogP contribution in [0.4, 0.5) is 0 Å². The van der Waals surface area contributed by atoms with Crippen LogP contribution in [0.25, 0.3) is 49.7 Å². The Bertz CT molecular complexity index is 3310. The van der Waals surface area contributed by atoms with Crippen molar-refractivity contribution >= 4 is 232 Å². The Morgan fingerprint density at radius 3 is 1.74 bits per heavy atom. The minimum Gasteiger partial charge on any atom is -0.456 e. The third kappa shape index (κ3) is 6.79. The van der Waals surface area contributed by atoms with Crippen molar-refractivity contribution in [2.45, 2.75) is 12.7 Å². The molecule has 246 valence electrons. The van der Waals surface area contributed by atoms with Crippen molar-refractivity contribution in [3.63, 3.8) is 0 Å². The van der Waals surface area contributed by atoms with E-state index in [2.05, 4.69) is 11.8 Å². The summed E-state index contributed by atoms with van der Waals surface area (Å²) in [6, 6.07) is 13.0. The van der Waals surface area contributed by atoms with E-state index in [4.69, 9.17) is 151 Å². The molecule has 0 atom stereocenters. The predicted octanol–water partition coefficient (Wildman–Crippen LogP) is -7.04. The fourth-order valence-corrected chi connectivity index (χ4v) is 8.20. The maximum Gasteiger partial charge on any atom is 0.136 e. The van der Waals surface area contributed by atoms with E-state index in [0.29, 0.717) is 22.3 Å². The minimum atomic E-state index is -0.229. The normalized spacial score (nSPS) is 14.2. The summed E-state index contributed by atoms with van der Waals surface area (Å²) in [6.07, 6.45) is 11.6. The molecule has 0 unspecified atom stereocenters. The molecule has 0 spiro atoms. The van der Waals surface area contributed by atoms with Crippen LogP contribution in [0.1, 0.15) is 28.7 Å². The van der Waals surface area contributed by atoms with Crippen molar-refractivity contribution in [3.8, 4) is 35.8 Å². The smallest absolute Gasteiger partial charge is 0.136 e. The molecule has 1 aliphatic rings. The molecule has 0 aliphatic heterocycles. The van der Waals surface area contributed by atoms with Crippen molar-refractivity contribution in [2.75, 3.05) is 0 Å². The number of furan rings is 1. The van der Waals surface area contributed by atoms with Gasteiger partial charge >= 0.3 is 0 Å². The van der Waals surface area contributed by atoms with Crippen molar-refractivity contribution in [1.29, 1.82) is 0 Å². The van der Waals surface area contributed by atoms with Gasteiger partial charge < -0.3 is 4.42 Å². The summed E-state index contributed by atoms with van der Waals surface area (Å²) in [6.45, 7) is 0. The van der Waals surface area contributed by atoms with Gasteiger partial charge in [-0.3, -0.25) is 0 Å². The van der Waals surface area contributed by atoms with Crippen LogP contribution < -0.4 is 70.5 Å². The third-order valence-electron chi connectivity index (χ3n) is 11.4. The number of benzene rings is 5. The molecule has 34 radical (unpaired) electrons. The third-order valence-corrected chi connectivity index (χ3v) is 11.4. The number of fused-ring (bicyclic) bond motifs is 4. The minimum absolute atomic E-state index is 0.0106. The first-order valence-corrected chi connectivity index (χ1v) is 18.6. The Balaban J connectivity index is 1.76. The van der Waals surface area contributed by atoms with Crippen molar-refractivity contribution in [2.24, 2.45) is 0 Å². The molecule has 1 aromatic heterocycles. The molecule has 0 amide bonds. The molecule has 7 rings (SSSR count). The van der Waals surface area contributed by atoms with Crippen LogP contribution in [-0.4, -0.2) is 133 Å². The SMILES string of the molecule is [B]C/C([B])=C(/[B])c1c([B])c([B])c([B])c(C2=c3c([B])c([B])c([B])c([B])c3=C(c3c([B])c([B])c(-c4cccc5oc6ccccc6c45)c([B])c3[B])C/C2=C([B])\C([B])=C(\[B])C#C)c1C#C. The number of para-hydroxylation sites is 1. The molecule has 0 saturated heterocycles. The van der Waals surface area contributed by atoms with Gasteiger partial charge in [0.1, 0.15) is 137 Å². The second kappa shape index (κ2) is 17.0. The summed E-state index contributed by atoms with van der Waals surface area (Å²) >= 11 is 0. The first-order valence-electron chi connectivity index (χ1n) is 18.6. The highest BCUT2D eigenvalue weighted by atomic mass is 16.3. The molecule has 1 aliphatic carbocycles. The van der Waals surface area contributed by atoms with Gasteiger partial charge in [0.2, 0.25) is 0 Å². The van der Waals surface area contributed by atoms with Crippen LogP contribution >= 0.6 is 0 Å². The molecule has 1 nitrogen and oxygen atoms in total. The van der Waals surface area contributed by atoms with Crippen LogP contribution in [-0.2, 0) is 0 Å². The van der Waals surface area contributed by atoms with Crippen LogP contribution in [0.5, 0.6) is 0 Å². The van der Waals surface area contributed by atoms with Crippen LogP contribution in [0.2, 0.25) is 6.32 Å². The van der Waals surface area contributed by atoms with E-state index in [1.165, 1.54) is 0 Å². The quantitative estimate of drug-likeness (QED) is 0.122. The molecule has 0 saturated carbocycles. The molecule has 62 heavy (non-hydrogen) atoms. The van der Waals surface area contributed by atoms with Crippen LogP contribution in [0, 0.1) is 24.7 Å². The Kier molecular flexibility index (Phi) is 12.4. The molecule has 5 aromatic carbocycles. The van der Waals surface area contributed by atoms with Crippen molar-refractivity contribution in [1.82, 2.24) is 0 Å². The Morgan fingerprint density at radius 2 is 1.15 bits per heavy atom. The van der Waals surface area contributed by atoms with Crippen LogP contribution in [0.3, 0.4) is 0 Å². The van der Waals surface area contributed by atoms with E-state index in [9.17, 15) is 0 Å². The zero-order valence-corrected chi connectivity index (χ0v) is 33.3. The van der Waals surface area contributed by atoms with Gasteiger partial charge in [0.25, 0.3) is 0 Å². The Morgan fingerprint density at radius 1 is 0.597 bits per heavy atom. The van der Waals surface area contributed by atoms with E-state index in [1.807, 2.05) is 36.4 Å². The molecule has 6 aromatic rings. The fourth-order valence-electron chi connectivity index (χ4n) is 8.20. The van der Waals surface area contributed by atoms with E-state index in [0.717, 1.165) is 10.8 Å². The second-order valence-corrected chi connectivity index (χ2v) is 14.6. The van der Waals surface area contributed by atoms with Gasteiger partial charge in [0, 0.05) is 16.3 Å². The standard InChI is InChI=1S/C44H13B17O/c1-3-14-25(34(51)42(59)40(57)27(14)32(49)20(47)13-45)24-18(31(48)33(50)19(46)4-2)12-17(26-30(24)41(58)44(61)43(60)35(26)52)29-38(55)36(53)28(37(54)39(29)56)16-9-7-11-22-23(16)15-8-5-6-10-21(15)62-22/h1-2,5-11H,12-13H2/b31-18-,32-20-,33-19-. The Labute approximate surface area is 385 Å². The largest absolute Gasteiger partial charge is 0.456 e. The lowest BCUT2D eigenvalue weighted by Gasteiger charge is -2.33. The highest BCUT2D eigenvalue weighted by Crippen LogP contribution is 2.37. The summed E-state index contributed by atoms with van der Waals surface area (Å²) in [7, 11) is 114. The average molecular weight is 741 g/mol. The fraction of sp³-hybridized carbons (Fsp3) is 0.0455. The van der Waals surface area contributed by atoms with E-state index < -0.39 is 0 Å². The lowest BCUT2D eigenvalue weighted by atomic mass is 9.57. The first-order chi connectivity index (χ1) is 29.3. The molecule has 18 heteroatoms. The summed E-state index contributed by atoms with van der Waals surface area (Å²) in [5.74, 6) is 4.95. The van der Waals surface area contributed by atoms with E-state index >= 15 is 0 Å². The number of hydrogen-bond donors (Lipinski definition) is 0. The number of hydrogen-bond acceptors (Lipinski definition) is 1. The maximum absolute atomic E-state index is 7.08. The van der Waals surface area contributed by atoms with Gasteiger partial charge in [0.05, 0.1) is 7.85 Å². The lowest BCUT2D eigenvalue weighted by molar-refractivity contribution is 0.669. The average Bonchev–Trinajstić information content (AvgIpc) is 3.66. The monoisotopic (exact) mass is 744 g/mol. The zero-order valence-electron chi connectivity index (χ0n) is 33.3. The highest BCUT2D eigenvalue weighted by Gasteiger charge is 2.30. The van der Waals surface area contributed by atoms with Crippen LogP contribution in [0.15, 0.2) is 74.3 Å². The molecule has 0 N–H and O–H groups in total. The summed E-state index contributed by atoms with van der Waals surface area (Å²) in [4.78, 5) is 0. The molecule has 1 heterocycles. The second-order valence-electron chi connectivity index (χ2n) is 14.6. The van der Waals surface area contributed by atoms with Gasteiger partial charge in [-0.05, 0) is 73.5 Å². The lowest BCUT2D eigenvalue weighted by Crippen LogP contribution is -2.66. The molecule has 0 bridgehead atoms. The van der Waals surface area contributed by atoms with Crippen molar-refractivity contribution < 1.29 is 4.42 Å². The first kappa shape index (κ1) is 45.1. The molecular weight excluding hydrogens is 728 g/mol. The Hall–Kier alpha value is -4.92. The topological polar surface area (TPSA) is 13.1 Å². The maximum atomic E-state index is 7.08. The number of rotatable bonds is 6. The van der Waals surface area contributed by atoms with Gasteiger partial charge in [-0.25, -0.2) is 0 Å². The predicted molar refractivity (Wildman–Crippen MR) is 277 cm³/mol. The summed E-state index contributed by atoms with van der Waals surface area (Å²) in [5, 5.41) is 1.84. The van der Waals surface area contributed by atoms with E-state index in [1.54, 1.807) is 6.07 Å². The van der Waals surface area contributed by atoms with Gasteiger partial charge in [-0.1, -0.05) is 103 Å². The number of terminal acetylenes is 2. The van der Waals surface area contributed by atoms with Gasteiger partial charge in [0.15, 0.2) is 0 Å². The summed E-state index contributed by atoms with van der Waals surface area (Å²) < 4.78 is 6.15. The number of allylic oxidation sites excluding steroid dienone is 5.